The molecule has 0 N–H and O–H groups in total. The maximum atomic E-state index is 12.9. The maximum Gasteiger partial charge on any atom is 0.306 e. The summed E-state index contributed by atoms with van der Waals surface area (Å²) in [5.74, 6) is -2.34. The highest BCUT2D eigenvalue weighted by Crippen LogP contribution is 2.14. The van der Waals surface area contributed by atoms with Crippen molar-refractivity contribution in [3.05, 3.63) is 146 Å². The average molecular weight is 1070 g/mol. The van der Waals surface area contributed by atoms with Crippen LogP contribution in [0.4, 0.5) is 0 Å². The molecule has 0 fully saturated rings. The summed E-state index contributed by atoms with van der Waals surface area (Å²) in [7, 11) is 5.90. The van der Waals surface area contributed by atoms with Gasteiger partial charge in [-0.25, -0.2) is 0 Å². The lowest BCUT2D eigenvalue weighted by Gasteiger charge is -2.26. The largest absolute Gasteiger partial charge is 0.545 e. The minimum absolute atomic E-state index is 0.134. The second kappa shape index (κ2) is 57.3. The smallest absolute Gasteiger partial charge is 0.306 e. The van der Waals surface area contributed by atoms with E-state index in [1.54, 1.807) is 0 Å². The van der Waals surface area contributed by atoms with E-state index in [1.165, 1.54) is 32.1 Å². The molecule has 9 heteroatoms. The molecule has 0 amide bonds. The van der Waals surface area contributed by atoms with Crippen LogP contribution in [0.5, 0.6) is 0 Å². The van der Waals surface area contributed by atoms with Crippen LogP contribution in [0.2, 0.25) is 0 Å². The molecule has 0 aromatic carbocycles. The Hall–Kier alpha value is -4.83. The molecule has 0 heterocycles. The quantitative estimate of drug-likeness (QED) is 0.0195. The highest BCUT2D eigenvalue weighted by Gasteiger charge is 2.22. The fraction of sp³-hybridized carbons (Fsp3) is 0.603. The molecule has 0 spiro atoms. The van der Waals surface area contributed by atoms with Gasteiger partial charge in [0.2, 0.25) is 0 Å². The average Bonchev–Trinajstić information content (AvgIpc) is 3.40. The van der Waals surface area contributed by atoms with E-state index in [2.05, 4.69) is 160 Å². The van der Waals surface area contributed by atoms with Crippen LogP contribution in [0.15, 0.2) is 146 Å². The Balaban J connectivity index is 4.34. The second-order valence-electron chi connectivity index (χ2n) is 20.5. The van der Waals surface area contributed by atoms with Crippen molar-refractivity contribution in [2.24, 2.45) is 0 Å². The minimum Gasteiger partial charge on any atom is -0.545 e. The first-order valence-electron chi connectivity index (χ1n) is 30.0. The summed E-state index contributed by atoms with van der Waals surface area (Å²) >= 11 is 0. The number of hydrogen-bond acceptors (Lipinski definition) is 8. The fourth-order valence-electron chi connectivity index (χ4n) is 7.54. The molecule has 2 atom stereocenters. The number of aliphatic carboxylic acids is 1. The molecule has 0 aliphatic carbocycles. The van der Waals surface area contributed by atoms with E-state index in [9.17, 15) is 19.5 Å². The number of carboxylic acids is 1. The zero-order chi connectivity index (χ0) is 56.2. The fourth-order valence-corrected chi connectivity index (χ4v) is 7.54. The maximum absolute atomic E-state index is 12.9. The molecule has 0 aliphatic heterocycles. The van der Waals surface area contributed by atoms with Gasteiger partial charge in [0.25, 0.3) is 0 Å². The molecule has 0 aromatic heterocycles. The van der Waals surface area contributed by atoms with Gasteiger partial charge < -0.3 is 33.3 Å². The molecule has 0 bridgehead atoms. The Morgan fingerprint density at radius 1 is 0.390 bits per heavy atom. The van der Waals surface area contributed by atoms with E-state index < -0.39 is 24.3 Å². The number of nitrogens with zero attached hydrogens (tertiary/aromatic N) is 1. The summed E-state index contributed by atoms with van der Waals surface area (Å²) in [5.41, 5.74) is 0. The summed E-state index contributed by atoms with van der Waals surface area (Å²) in [6.45, 7) is 4.47. The molecule has 434 valence electrons. The minimum atomic E-state index is -1.64. The van der Waals surface area contributed by atoms with Crippen LogP contribution in [-0.2, 0) is 33.3 Å². The van der Waals surface area contributed by atoms with Crippen LogP contribution in [0.3, 0.4) is 0 Å². The van der Waals surface area contributed by atoms with Crippen LogP contribution in [0.1, 0.15) is 206 Å². The molecule has 0 saturated heterocycles. The normalized spacial score (nSPS) is 13.8. The SMILES string of the molecule is CC/C=C\C/C=C\C/C=C\C/C=C\C/C=C\C/C=C\C/C=C\CCCCCCCC(=O)OC(COC(=O)CCCCCCCCCCC/C=C\C/C=C\C/C=C\C/C=C\C/C=C\CC)COC(OCC[N+](C)(C)C)C(=O)[O-]. The van der Waals surface area contributed by atoms with Gasteiger partial charge in [-0.2, -0.15) is 0 Å². The number of ether oxygens (including phenoxy) is 4. The number of carbonyl (C=O) groups is 3. The van der Waals surface area contributed by atoms with Crippen LogP contribution in [0, 0.1) is 0 Å². The first-order chi connectivity index (χ1) is 37.6. The number of allylic oxidation sites excluding steroid dienone is 24. The highest BCUT2D eigenvalue weighted by molar-refractivity contribution is 5.70. The first kappa shape index (κ1) is 72.2. The zero-order valence-corrected chi connectivity index (χ0v) is 49.3. The standard InChI is InChI=1S/C68H109NO8/c1-6-8-10-12-14-16-18-20-22-24-26-28-30-32-33-35-37-39-41-43-45-47-49-51-53-55-57-59-66(71)77-64(63-76-68(67(72)73)74-61-60-69(3,4)5)62-75-65(70)58-56-54-52-50-48-46-44-42-40-38-36-34-31-29-27-25-23-21-19-17-15-13-11-9-7-2/h8-11,14-17,20-23,26-29,32-34,36-37,39,43,45,64,68H,6-7,12-13,18-19,24-25,30-31,35,38,40-42,44,46-63H2,1-5H3/b10-8-,11-9-,16-14-,17-15-,22-20-,23-21-,28-26-,29-27-,33-32-,36-34-,39-37-,45-43-. The topological polar surface area (TPSA) is 111 Å². The van der Waals surface area contributed by atoms with Gasteiger partial charge in [-0.05, 0) is 116 Å². The molecule has 0 rings (SSSR count). The van der Waals surface area contributed by atoms with Gasteiger partial charge in [0.15, 0.2) is 12.4 Å². The number of quaternary nitrogens is 1. The number of hydrogen-bond donors (Lipinski definition) is 0. The molecular weight excluding hydrogens is 959 g/mol. The second-order valence-corrected chi connectivity index (χ2v) is 20.5. The van der Waals surface area contributed by atoms with Gasteiger partial charge >= 0.3 is 11.9 Å². The summed E-state index contributed by atoms with van der Waals surface area (Å²) in [6.07, 6.45) is 80.3. The number of esters is 2. The van der Waals surface area contributed by atoms with Crippen molar-refractivity contribution in [2.45, 2.75) is 219 Å². The lowest BCUT2D eigenvalue weighted by molar-refractivity contribution is -0.870. The third-order valence-corrected chi connectivity index (χ3v) is 12.1. The van der Waals surface area contributed by atoms with Gasteiger partial charge in [-0.15, -0.1) is 0 Å². The van der Waals surface area contributed by atoms with Crippen molar-refractivity contribution in [3.63, 3.8) is 0 Å². The van der Waals surface area contributed by atoms with E-state index in [4.69, 9.17) is 18.9 Å². The van der Waals surface area contributed by atoms with Gasteiger partial charge in [-0.3, -0.25) is 9.59 Å². The third-order valence-electron chi connectivity index (χ3n) is 12.1. The summed E-state index contributed by atoms with van der Waals surface area (Å²) in [4.78, 5) is 37.4. The summed E-state index contributed by atoms with van der Waals surface area (Å²) in [5, 5.41) is 11.8. The van der Waals surface area contributed by atoms with Gasteiger partial charge in [0, 0.05) is 12.8 Å². The van der Waals surface area contributed by atoms with Crippen LogP contribution >= 0.6 is 0 Å². The Bertz CT molecular complexity index is 1770. The number of carboxylic acid groups (broad SMARTS) is 1. The molecule has 9 nitrogen and oxygen atoms in total. The Kier molecular flexibility index (Phi) is 53.8. The molecule has 77 heavy (non-hydrogen) atoms. The monoisotopic (exact) mass is 1070 g/mol. The van der Waals surface area contributed by atoms with Crippen molar-refractivity contribution < 1.29 is 42.9 Å². The van der Waals surface area contributed by atoms with E-state index in [0.717, 1.165) is 141 Å². The summed E-state index contributed by atoms with van der Waals surface area (Å²) < 4.78 is 22.7. The Morgan fingerprint density at radius 2 is 0.701 bits per heavy atom. The number of rotatable bonds is 53. The van der Waals surface area contributed by atoms with Gasteiger partial charge in [0.1, 0.15) is 13.2 Å². The number of unbranched alkanes of at least 4 members (excludes halogenated alkanes) is 14. The third kappa shape index (κ3) is 58.7. The predicted octanol–water partition coefficient (Wildman–Crippen LogP) is 16.7. The highest BCUT2D eigenvalue weighted by atomic mass is 16.7. The van der Waals surface area contributed by atoms with Crippen molar-refractivity contribution in [1.82, 2.24) is 0 Å². The molecular formula is C68H109NO8. The van der Waals surface area contributed by atoms with Crippen LogP contribution in [0.25, 0.3) is 0 Å². The molecule has 0 aromatic rings. The van der Waals surface area contributed by atoms with E-state index in [1.807, 2.05) is 21.1 Å². The van der Waals surface area contributed by atoms with Crippen molar-refractivity contribution in [2.75, 3.05) is 47.5 Å². The number of likely N-dealkylation sites (N-methyl/N-ethyl adjacent to an activating group) is 1. The first-order valence-corrected chi connectivity index (χ1v) is 30.0. The Morgan fingerprint density at radius 3 is 1.04 bits per heavy atom. The molecule has 2 unspecified atom stereocenters. The van der Waals surface area contributed by atoms with Crippen LogP contribution < -0.4 is 5.11 Å². The van der Waals surface area contributed by atoms with Crippen molar-refractivity contribution in [3.8, 4) is 0 Å². The Labute approximate surface area is 471 Å². The number of carbonyl (C=O) groups excluding carboxylic acids is 3. The summed E-state index contributed by atoms with van der Waals surface area (Å²) in [6, 6.07) is 0. The lowest BCUT2D eigenvalue weighted by atomic mass is 10.1. The van der Waals surface area contributed by atoms with E-state index >= 15 is 0 Å². The molecule has 0 saturated carbocycles. The molecule has 0 radical (unpaired) electrons. The predicted molar refractivity (Wildman–Crippen MR) is 324 cm³/mol. The van der Waals surface area contributed by atoms with Crippen molar-refractivity contribution in [1.29, 1.82) is 0 Å². The van der Waals surface area contributed by atoms with E-state index in [-0.39, 0.29) is 38.6 Å². The lowest BCUT2D eigenvalue weighted by Crippen LogP contribution is -2.44. The zero-order valence-electron chi connectivity index (χ0n) is 49.3. The van der Waals surface area contributed by atoms with E-state index in [0.29, 0.717) is 17.4 Å². The van der Waals surface area contributed by atoms with Gasteiger partial charge in [-0.1, -0.05) is 224 Å². The van der Waals surface area contributed by atoms with Crippen molar-refractivity contribution >= 4 is 17.9 Å². The van der Waals surface area contributed by atoms with Crippen LogP contribution in [-0.4, -0.2) is 82.3 Å². The molecule has 0 aliphatic rings. The van der Waals surface area contributed by atoms with Gasteiger partial charge in [0.05, 0.1) is 40.3 Å².